The van der Waals surface area contributed by atoms with E-state index < -0.39 is 0 Å². The van der Waals surface area contributed by atoms with Crippen molar-refractivity contribution in [2.24, 2.45) is 5.92 Å². The lowest BCUT2D eigenvalue weighted by Crippen LogP contribution is -2.51. The summed E-state index contributed by atoms with van der Waals surface area (Å²) in [5, 5.41) is 0. The maximum Gasteiger partial charge on any atom is 0.227 e. The van der Waals surface area contributed by atoms with Crippen LogP contribution in [0.1, 0.15) is 43.7 Å². The summed E-state index contributed by atoms with van der Waals surface area (Å²) in [5.41, 5.74) is 2.37. The molecule has 124 valence electrons. The fraction of sp³-hybridized carbons (Fsp3) is 0.579. The first-order chi connectivity index (χ1) is 11.0. The van der Waals surface area contributed by atoms with Gasteiger partial charge in [-0.15, -0.1) is 0 Å². The average molecular weight is 314 g/mol. The van der Waals surface area contributed by atoms with E-state index in [1.807, 2.05) is 9.80 Å². The fourth-order valence-electron chi connectivity index (χ4n) is 3.07. The molecule has 2 fully saturated rings. The van der Waals surface area contributed by atoms with Crippen LogP contribution in [0.4, 0.5) is 0 Å². The Morgan fingerprint density at radius 3 is 2.09 bits per heavy atom. The number of hydrogen-bond acceptors (Lipinski definition) is 2. The number of hydrogen-bond donors (Lipinski definition) is 0. The molecule has 2 aliphatic rings. The molecule has 3 rings (SSSR count). The van der Waals surface area contributed by atoms with Gasteiger partial charge in [0.05, 0.1) is 6.42 Å². The lowest BCUT2D eigenvalue weighted by atomic mass is 10.0. The zero-order valence-corrected chi connectivity index (χ0v) is 14.1. The minimum Gasteiger partial charge on any atom is -0.339 e. The highest BCUT2D eigenvalue weighted by Crippen LogP contribution is 2.31. The van der Waals surface area contributed by atoms with Crippen LogP contribution in [0, 0.1) is 5.92 Å². The minimum atomic E-state index is 0.167. The second kappa shape index (κ2) is 6.73. The normalized spacial score (nSPS) is 18.4. The van der Waals surface area contributed by atoms with Crippen LogP contribution < -0.4 is 0 Å². The van der Waals surface area contributed by atoms with Gasteiger partial charge in [0.25, 0.3) is 0 Å². The van der Waals surface area contributed by atoms with Gasteiger partial charge in [0, 0.05) is 32.1 Å². The summed E-state index contributed by atoms with van der Waals surface area (Å²) in [5.74, 6) is 1.25. The Kier molecular flexibility index (Phi) is 4.69. The molecule has 1 aliphatic heterocycles. The monoisotopic (exact) mass is 314 g/mol. The van der Waals surface area contributed by atoms with Crippen LogP contribution in [-0.2, 0) is 16.0 Å². The van der Waals surface area contributed by atoms with Crippen LogP contribution in [0.25, 0.3) is 0 Å². The predicted molar refractivity (Wildman–Crippen MR) is 90.1 cm³/mol. The Bertz CT molecular complexity index is 568. The number of piperazine rings is 1. The van der Waals surface area contributed by atoms with Gasteiger partial charge < -0.3 is 9.80 Å². The van der Waals surface area contributed by atoms with Crippen molar-refractivity contribution in [1.29, 1.82) is 0 Å². The van der Waals surface area contributed by atoms with Crippen molar-refractivity contribution in [3.63, 3.8) is 0 Å². The van der Waals surface area contributed by atoms with Crippen molar-refractivity contribution in [2.75, 3.05) is 26.2 Å². The standard InChI is InChI=1S/C19H26N2O2/c1-14(2)16-5-3-15(4-6-16)13-18(22)20-9-11-21(12-10-20)19(23)17-7-8-17/h3-6,14,17H,7-13H2,1-2H3. The highest BCUT2D eigenvalue weighted by molar-refractivity contribution is 5.82. The number of amides is 2. The first kappa shape index (κ1) is 16.0. The van der Waals surface area contributed by atoms with Crippen molar-refractivity contribution >= 4 is 11.8 Å². The van der Waals surface area contributed by atoms with Crippen molar-refractivity contribution < 1.29 is 9.59 Å². The molecule has 1 saturated carbocycles. The first-order valence-corrected chi connectivity index (χ1v) is 8.70. The Morgan fingerprint density at radius 2 is 1.57 bits per heavy atom. The molecule has 0 aromatic heterocycles. The summed E-state index contributed by atoms with van der Waals surface area (Å²) in [7, 11) is 0. The molecule has 0 radical (unpaired) electrons. The molecule has 4 heteroatoms. The van der Waals surface area contributed by atoms with Gasteiger partial charge in [0.15, 0.2) is 0 Å². The van der Waals surface area contributed by atoms with E-state index in [2.05, 4.69) is 38.1 Å². The van der Waals surface area contributed by atoms with Crippen LogP contribution >= 0.6 is 0 Å². The largest absolute Gasteiger partial charge is 0.339 e. The lowest BCUT2D eigenvalue weighted by molar-refractivity contribution is -0.140. The Hall–Kier alpha value is -1.84. The molecule has 2 amide bonds. The molecule has 0 unspecified atom stereocenters. The van der Waals surface area contributed by atoms with Gasteiger partial charge in [-0.3, -0.25) is 9.59 Å². The number of rotatable bonds is 4. The molecule has 0 spiro atoms. The third kappa shape index (κ3) is 3.92. The summed E-state index contributed by atoms with van der Waals surface area (Å²) in [6, 6.07) is 8.33. The third-order valence-electron chi connectivity index (χ3n) is 4.87. The zero-order valence-electron chi connectivity index (χ0n) is 14.1. The summed E-state index contributed by atoms with van der Waals surface area (Å²) in [4.78, 5) is 28.3. The summed E-state index contributed by atoms with van der Waals surface area (Å²) in [6.45, 7) is 7.05. The molecule has 1 aromatic carbocycles. The van der Waals surface area contributed by atoms with Crippen LogP contribution in [0.5, 0.6) is 0 Å². The van der Waals surface area contributed by atoms with Gasteiger partial charge in [0.2, 0.25) is 11.8 Å². The Balaban J connectivity index is 1.50. The second-order valence-electron chi connectivity index (χ2n) is 7.05. The summed E-state index contributed by atoms with van der Waals surface area (Å²) >= 11 is 0. The maximum atomic E-state index is 12.4. The molecule has 0 N–H and O–H groups in total. The van der Waals surface area contributed by atoms with Gasteiger partial charge in [-0.2, -0.15) is 0 Å². The van der Waals surface area contributed by atoms with Gasteiger partial charge in [-0.25, -0.2) is 0 Å². The SMILES string of the molecule is CC(C)c1ccc(CC(=O)N2CCN(C(=O)C3CC3)CC2)cc1. The third-order valence-corrected chi connectivity index (χ3v) is 4.87. The average Bonchev–Trinajstić information content (AvgIpc) is 3.40. The smallest absolute Gasteiger partial charge is 0.227 e. The quantitative estimate of drug-likeness (QED) is 0.856. The number of nitrogens with zero attached hydrogens (tertiary/aromatic N) is 2. The molecule has 4 nitrogen and oxygen atoms in total. The summed E-state index contributed by atoms with van der Waals surface area (Å²) < 4.78 is 0. The van der Waals surface area contributed by atoms with E-state index in [-0.39, 0.29) is 11.8 Å². The highest BCUT2D eigenvalue weighted by Gasteiger charge is 2.35. The highest BCUT2D eigenvalue weighted by atomic mass is 16.2. The van der Waals surface area contributed by atoms with Crippen LogP contribution in [0.15, 0.2) is 24.3 Å². The molecule has 1 aromatic rings. The van der Waals surface area contributed by atoms with Crippen LogP contribution in [0.3, 0.4) is 0 Å². The van der Waals surface area contributed by atoms with Crippen LogP contribution in [-0.4, -0.2) is 47.8 Å². The minimum absolute atomic E-state index is 0.167. The van der Waals surface area contributed by atoms with Gasteiger partial charge >= 0.3 is 0 Å². The van der Waals surface area contributed by atoms with E-state index in [1.54, 1.807) is 0 Å². The second-order valence-corrected chi connectivity index (χ2v) is 7.05. The fourth-order valence-corrected chi connectivity index (χ4v) is 3.07. The molecular formula is C19H26N2O2. The van der Waals surface area contributed by atoms with Gasteiger partial charge in [-0.1, -0.05) is 38.1 Å². The summed E-state index contributed by atoms with van der Waals surface area (Å²) in [6.07, 6.45) is 2.55. The molecule has 1 saturated heterocycles. The number of benzene rings is 1. The van der Waals surface area contributed by atoms with Crippen LogP contribution in [0.2, 0.25) is 0 Å². The maximum absolute atomic E-state index is 12.4. The van der Waals surface area contributed by atoms with E-state index in [0.29, 0.717) is 44.4 Å². The van der Waals surface area contributed by atoms with E-state index >= 15 is 0 Å². The molecule has 0 bridgehead atoms. The molecule has 0 atom stereocenters. The lowest BCUT2D eigenvalue weighted by Gasteiger charge is -2.35. The van der Waals surface area contributed by atoms with Crippen molar-refractivity contribution in [3.8, 4) is 0 Å². The zero-order chi connectivity index (χ0) is 16.4. The number of carbonyl (C=O) groups is 2. The van der Waals surface area contributed by atoms with E-state index in [4.69, 9.17) is 0 Å². The number of carbonyl (C=O) groups excluding carboxylic acids is 2. The Labute approximate surface area is 138 Å². The van der Waals surface area contributed by atoms with E-state index in [1.165, 1.54) is 5.56 Å². The molecule has 23 heavy (non-hydrogen) atoms. The van der Waals surface area contributed by atoms with E-state index in [0.717, 1.165) is 18.4 Å². The first-order valence-electron chi connectivity index (χ1n) is 8.70. The molecular weight excluding hydrogens is 288 g/mol. The van der Waals surface area contributed by atoms with Crippen molar-refractivity contribution in [3.05, 3.63) is 35.4 Å². The molecule has 1 heterocycles. The molecule has 1 aliphatic carbocycles. The topological polar surface area (TPSA) is 40.6 Å². The van der Waals surface area contributed by atoms with Gasteiger partial charge in [-0.05, 0) is 29.9 Å². The van der Waals surface area contributed by atoms with Crippen molar-refractivity contribution in [2.45, 2.75) is 39.0 Å². The van der Waals surface area contributed by atoms with Gasteiger partial charge in [0.1, 0.15) is 0 Å². The predicted octanol–water partition coefficient (Wildman–Crippen LogP) is 2.43. The Morgan fingerprint density at radius 1 is 1.00 bits per heavy atom. The van der Waals surface area contributed by atoms with E-state index in [9.17, 15) is 9.59 Å². The van der Waals surface area contributed by atoms with Crippen molar-refractivity contribution in [1.82, 2.24) is 9.80 Å².